The van der Waals surface area contributed by atoms with Crippen molar-refractivity contribution in [3.05, 3.63) is 63.8 Å². The number of rotatable bonds is 9. The summed E-state index contributed by atoms with van der Waals surface area (Å²) in [6, 6.07) is 7.55. The average Bonchev–Trinajstić information content (AvgIpc) is 3.62. The second kappa shape index (κ2) is 11.7. The van der Waals surface area contributed by atoms with Crippen molar-refractivity contribution in [1.29, 1.82) is 0 Å². The molecule has 0 spiro atoms. The fourth-order valence-electron chi connectivity index (χ4n) is 5.29. The van der Waals surface area contributed by atoms with Gasteiger partial charge in [-0.2, -0.15) is 5.10 Å². The Kier molecular flexibility index (Phi) is 8.20. The fourth-order valence-corrected chi connectivity index (χ4v) is 6.50. The van der Waals surface area contributed by atoms with Crippen LogP contribution in [-0.4, -0.2) is 63.0 Å². The molecule has 3 aromatic heterocycles. The predicted octanol–water partition coefficient (Wildman–Crippen LogP) is 4.56. The first kappa shape index (κ1) is 29.5. The van der Waals surface area contributed by atoms with E-state index in [1.807, 2.05) is 29.2 Å². The van der Waals surface area contributed by atoms with Gasteiger partial charge in [-0.1, -0.05) is 18.2 Å². The third kappa shape index (κ3) is 5.43. The van der Waals surface area contributed by atoms with E-state index in [4.69, 9.17) is 13.9 Å². The number of carboxylic acids is 1. The topological polar surface area (TPSA) is 137 Å². The van der Waals surface area contributed by atoms with E-state index >= 15 is 0 Å². The summed E-state index contributed by atoms with van der Waals surface area (Å²) >= 11 is 1.31. The number of amides is 1. The van der Waals surface area contributed by atoms with Gasteiger partial charge in [0.1, 0.15) is 34.1 Å². The first-order chi connectivity index (χ1) is 20.0. The van der Waals surface area contributed by atoms with E-state index in [0.717, 1.165) is 5.56 Å². The quantitative estimate of drug-likeness (QED) is 0.296. The van der Waals surface area contributed by atoms with Crippen molar-refractivity contribution in [3.8, 4) is 16.5 Å². The molecule has 4 heterocycles. The highest BCUT2D eigenvalue weighted by Gasteiger charge is 2.37. The number of piperidine rings is 1. The lowest BCUT2D eigenvalue weighted by Gasteiger charge is -2.34. The molecule has 42 heavy (non-hydrogen) atoms. The number of ether oxygens (including phenoxy) is 2. The first-order valence-electron chi connectivity index (χ1n) is 13.7. The summed E-state index contributed by atoms with van der Waals surface area (Å²) in [5, 5.41) is 15.1. The maximum atomic E-state index is 13.8. The minimum atomic E-state index is -1.55. The van der Waals surface area contributed by atoms with Crippen LogP contribution in [0.5, 0.6) is 5.75 Å². The maximum absolute atomic E-state index is 13.8. The second-order valence-electron chi connectivity index (χ2n) is 10.9. The van der Waals surface area contributed by atoms with Crippen molar-refractivity contribution in [2.75, 3.05) is 20.2 Å². The van der Waals surface area contributed by atoms with E-state index in [-0.39, 0.29) is 24.2 Å². The number of likely N-dealkylation sites (tertiary alicyclic amines) is 1. The number of hydrogen-bond donors (Lipinski definition) is 1. The summed E-state index contributed by atoms with van der Waals surface area (Å²) in [7, 11) is 1.59. The van der Waals surface area contributed by atoms with Crippen LogP contribution in [0, 0.1) is 6.92 Å². The van der Waals surface area contributed by atoms with Crippen LogP contribution in [0.25, 0.3) is 21.0 Å². The third-order valence-corrected chi connectivity index (χ3v) is 9.14. The Hall–Kier alpha value is -4.03. The molecule has 0 aliphatic carbocycles. The zero-order valence-corrected chi connectivity index (χ0v) is 25.1. The summed E-state index contributed by atoms with van der Waals surface area (Å²) in [5.41, 5.74) is -0.622. The fraction of sp³-hybridized carbons (Fsp3) is 0.433. The van der Waals surface area contributed by atoms with Gasteiger partial charge in [-0.05, 0) is 45.2 Å². The van der Waals surface area contributed by atoms with E-state index < -0.39 is 22.9 Å². The van der Waals surface area contributed by atoms with Crippen molar-refractivity contribution in [2.45, 2.75) is 64.7 Å². The summed E-state index contributed by atoms with van der Waals surface area (Å²) in [4.78, 5) is 45.3. The van der Waals surface area contributed by atoms with Crippen molar-refractivity contribution >= 4 is 33.4 Å². The van der Waals surface area contributed by atoms with Gasteiger partial charge in [-0.25, -0.2) is 4.98 Å². The molecule has 1 N–H and O–H groups in total. The minimum absolute atomic E-state index is 0.0399. The van der Waals surface area contributed by atoms with Gasteiger partial charge in [0.15, 0.2) is 0 Å². The number of carbonyl (C=O) groups is 2. The molecule has 1 saturated heterocycles. The molecule has 1 amide bonds. The van der Waals surface area contributed by atoms with Crippen molar-refractivity contribution in [3.63, 3.8) is 0 Å². The molecule has 0 unspecified atom stereocenters. The van der Waals surface area contributed by atoms with Crippen molar-refractivity contribution in [2.24, 2.45) is 0 Å². The van der Waals surface area contributed by atoms with Crippen molar-refractivity contribution < 1.29 is 28.6 Å². The zero-order chi connectivity index (χ0) is 30.2. The van der Waals surface area contributed by atoms with E-state index in [9.17, 15) is 19.5 Å². The zero-order valence-electron chi connectivity index (χ0n) is 24.2. The number of aliphatic carboxylic acids is 1. The SMILES string of the molecule is COc1ccccc1[C@@H](Cn1nc(C(C)(C)C(=O)O)c(=O)c2c(C)c(-c3ncco3)sc21)OC1CCN(C(C)=O)CC1. The molecule has 0 bridgehead atoms. The number of hydrogen-bond acceptors (Lipinski definition) is 9. The highest BCUT2D eigenvalue weighted by Crippen LogP contribution is 2.38. The Bertz CT molecular complexity index is 1670. The van der Waals surface area contributed by atoms with Gasteiger partial charge in [0.2, 0.25) is 17.2 Å². The molecule has 12 heteroatoms. The third-order valence-electron chi connectivity index (χ3n) is 7.85. The van der Waals surface area contributed by atoms with Crippen LogP contribution in [0.15, 0.2) is 45.9 Å². The number of benzene rings is 1. The Labute approximate surface area is 246 Å². The van der Waals surface area contributed by atoms with Gasteiger partial charge in [-0.3, -0.25) is 19.1 Å². The molecule has 0 radical (unpaired) electrons. The smallest absolute Gasteiger partial charge is 0.315 e. The number of carboxylic acid groups (broad SMARTS) is 1. The molecule has 1 aliphatic rings. The number of carbonyl (C=O) groups excluding carboxylic acids is 1. The lowest BCUT2D eigenvalue weighted by molar-refractivity contribution is -0.142. The largest absolute Gasteiger partial charge is 0.496 e. The monoisotopic (exact) mass is 594 g/mol. The molecule has 11 nitrogen and oxygen atoms in total. The first-order valence-corrected chi connectivity index (χ1v) is 14.6. The molecular formula is C30H34N4O7S. The molecule has 4 aromatic rings. The molecule has 222 valence electrons. The van der Waals surface area contributed by atoms with Crippen LogP contribution < -0.4 is 10.2 Å². The summed E-state index contributed by atoms with van der Waals surface area (Å²) in [6.07, 6.45) is 3.65. The number of aromatic nitrogens is 3. The molecule has 0 saturated carbocycles. The number of nitrogens with zero attached hydrogens (tertiary/aromatic N) is 4. The highest BCUT2D eigenvalue weighted by atomic mass is 32.1. The summed E-state index contributed by atoms with van der Waals surface area (Å²) in [5.74, 6) is -0.116. The Morgan fingerprint density at radius 1 is 1.24 bits per heavy atom. The van der Waals surface area contributed by atoms with Gasteiger partial charge in [0.05, 0.1) is 36.2 Å². The number of methoxy groups -OCH3 is 1. The van der Waals surface area contributed by atoms with Gasteiger partial charge < -0.3 is 23.9 Å². The minimum Gasteiger partial charge on any atom is -0.496 e. The lowest BCUT2D eigenvalue weighted by Crippen LogP contribution is -2.40. The van der Waals surface area contributed by atoms with E-state index in [1.54, 1.807) is 25.6 Å². The average molecular weight is 595 g/mol. The second-order valence-corrected chi connectivity index (χ2v) is 11.9. The number of oxazole rings is 1. The van der Waals surface area contributed by atoms with Crippen LogP contribution in [-0.2, 0) is 26.3 Å². The van der Waals surface area contributed by atoms with E-state index in [1.165, 1.54) is 37.6 Å². The molecule has 1 atom stereocenters. The number of aryl methyl sites for hydroxylation is 1. The molecule has 1 aromatic carbocycles. The molecular weight excluding hydrogens is 560 g/mol. The van der Waals surface area contributed by atoms with Gasteiger partial charge in [0, 0.05) is 25.6 Å². The molecule has 1 fully saturated rings. The van der Waals surface area contributed by atoms with Crippen molar-refractivity contribution in [1.82, 2.24) is 19.7 Å². The lowest BCUT2D eigenvalue weighted by atomic mass is 9.88. The van der Waals surface area contributed by atoms with Gasteiger partial charge >= 0.3 is 5.97 Å². The number of fused-ring (bicyclic) bond motifs is 1. The summed E-state index contributed by atoms with van der Waals surface area (Å²) < 4.78 is 19.6. The Morgan fingerprint density at radius 2 is 1.95 bits per heavy atom. The van der Waals surface area contributed by atoms with Crippen LogP contribution in [0.1, 0.15) is 56.5 Å². The highest BCUT2D eigenvalue weighted by molar-refractivity contribution is 7.22. The predicted molar refractivity (Wildman–Crippen MR) is 157 cm³/mol. The van der Waals surface area contributed by atoms with E-state index in [2.05, 4.69) is 10.1 Å². The van der Waals surface area contributed by atoms with E-state index in [0.29, 0.717) is 58.2 Å². The molecule has 5 rings (SSSR count). The van der Waals surface area contributed by atoms with Gasteiger partial charge in [-0.15, -0.1) is 11.3 Å². The normalized spacial score (nSPS) is 15.2. The van der Waals surface area contributed by atoms with Crippen LogP contribution in [0.3, 0.4) is 0 Å². The van der Waals surface area contributed by atoms with Crippen LogP contribution in [0.2, 0.25) is 0 Å². The Morgan fingerprint density at radius 3 is 2.57 bits per heavy atom. The standard InChI is InChI=1S/C30H34N4O7S/c1-17-23-24(36)26(30(3,4)29(37)38)32-34(28(23)42-25(17)27-31-12-15-40-27)16-22(20-8-6-7-9-21(20)39-5)41-19-10-13-33(14-11-19)18(2)35/h6-9,12,15,19,22H,10-11,13-14,16H2,1-5H3,(H,37,38)/t22-/m1/s1. The number of thiophene rings is 1. The molecule has 1 aliphatic heterocycles. The van der Waals surface area contributed by atoms with Crippen LogP contribution in [0.4, 0.5) is 0 Å². The maximum Gasteiger partial charge on any atom is 0.315 e. The number of para-hydroxylation sites is 1. The summed E-state index contributed by atoms with van der Waals surface area (Å²) in [6.45, 7) is 7.69. The van der Waals surface area contributed by atoms with Gasteiger partial charge in [0.25, 0.3) is 0 Å². The van der Waals surface area contributed by atoms with Crippen LogP contribution >= 0.6 is 11.3 Å². The Balaban J connectivity index is 1.65.